The van der Waals surface area contributed by atoms with E-state index < -0.39 is 4.92 Å². The standard InChI is InChI=1S/C15H17N5O3/c21-15(18-12-4-3-5-13(8-12)20(22)23)19-7-2-1-6-14(19)11-9-16-17-10-11/h3-5,8-10,14H,1-2,6-7H2,(H,16,17)(H,18,21). The van der Waals surface area contributed by atoms with E-state index in [0.717, 1.165) is 24.8 Å². The van der Waals surface area contributed by atoms with Crippen LogP contribution in [-0.4, -0.2) is 32.6 Å². The van der Waals surface area contributed by atoms with E-state index in [4.69, 9.17) is 0 Å². The maximum Gasteiger partial charge on any atom is 0.322 e. The molecule has 0 bridgehead atoms. The van der Waals surface area contributed by atoms with Crippen LogP contribution in [0.15, 0.2) is 36.7 Å². The molecule has 2 amide bonds. The summed E-state index contributed by atoms with van der Waals surface area (Å²) in [5.74, 6) is 0. The van der Waals surface area contributed by atoms with E-state index in [1.165, 1.54) is 12.1 Å². The number of hydrogen-bond donors (Lipinski definition) is 2. The average Bonchev–Trinajstić information content (AvgIpc) is 3.09. The first-order valence-corrected chi connectivity index (χ1v) is 7.46. The first kappa shape index (κ1) is 15.0. The number of anilines is 1. The van der Waals surface area contributed by atoms with Gasteiger partial charge in [-0.15, -0.1) is 0 Å². The Morgan fingerprint density at radius 3 is 3.04 bits per heavy atom. The fourth-order valence-electron chi connectivity index (χ4n) is 2.86. The summed E-state index contributed by atoms with van der Waals surface area (Å²) in [6.07, 6.45) is 6.39. The van der Waals surface area contributed by atoms with Gasteiger partial charge in [0.1, 0.15) is 0 Å². The molecule has 0 radical (unpaired) electrons. The van der Waals surface area contributed by atoms with E-state index in [1.54, 1.807) is 29.4 Å². The van der Waals surface area contributed by atoms with Crippen molar-refractivity contribution < 1.29 is 9.72 Å². The van der Waals surface area contributed by atoms with Gasteiger partial charge >= 0.3 is 6.03 Å². The molecule has 0 saturated carbocycles. The Morgan fingerprint density at radius 2 is 2.30 bits per heavy atom. The number of H-pyrrole nitrogens is 1. The molecule has 2 aromatic rings. The van der Waals surface area contributed by atoms with Crippen LogP contribution < -0.4 is 5.32 Å². The monoisotopic (exact) mass is 315 g/mol. The normalized spacial score (nSPS) is 17.7. The summed E-state index contributed by atoms with van der Waals surface area (Å²) in [6.45, 7) is 0.649. The third-order valence-corrected chi connectivity index (χ3v) is 3.98. The largest absolute Gasteiger partial charge is 0.322 e. The van der Waals surface area contributed by atoms with E-state index >= 15 is 0 Å². The molecule has 1 aromatic carbocycles. The van der Waals surface area contributed by atoms with Gasteiger partial charge in [0.2, 0.25) is 0 Å². The van der Waals surface area contributed by atoms with Gasteiger partial charge in [0, 0.05) is 36.1 Å². The number of piperidine rings is 1. The Kier molecular flexibility index (Phi) is 4.22. The molecule has 1 unspecified atom stereocenters. The molecule has 1 saturated heterocycles. The molecule has 1 aromatic heterocycles. The zero-order chi connectivity index (χ0) is 16.2. The summed E-state index contributed by atoms with van der Waals surface area (Å²) in [5.41, 5.74) is 1.34. The first-order valence-electron chi connectivity index (χ1n) is 7.46. The summed E-state index contributed by atoms with van der Waals surface area (Å²) in [6, 6.07) is 5.66. The van der Waals surface area contributed by atoms with Crippen LogP contribution in [0.1, 0.15) is 30.9 Å². The molecule has 0 spiro atoms. The van der Waals surface area contributed by atoms with Crippen molar-refractivity contribution in [1.82, 2.24) is 15.1 Å². The van der Waals surface area contributed by atoms with Crippen molar-refractivity contribution in [2.75, 3.05) is 11.9 Å². The highest BCUT2D eigenvalue weighted by Gasteiger charge is 2.28. The number of non-ortho nitro benzene ring substituents is 1. The second kappa shape index (κ2) is 6.47. The molecular formula is C15H17N5O3. The Labute approximate surface area is 132 Å². The fraction of sp³-hybridized carbons (Fsp3) is 0.333. The number of rotatable bonds is 3. The molecule has 1 aliphatic rings. The number of hydrogen-bond acceptors (Lipinski definition) is 4. The molecule has 120 valence electrons. The number of nitrogens with one attached hydrogen (secondary N) is 2. The number of aromatic nitrogens is 2. The SMILES string of the molecule is O=C(Nc1cccc([N+](=O)[O-])c1)N1CCCCC1c1cn[nH]c1. The maximum absolute atomic E-state index is 12.6. The van der Waals surface area contributed by atoms with Gasteiger partial charge in [-0.3, -0.25) is 15.2 Å². The minimum absolute atomic E-state index is 0.0267. The van der Waals surface area contributed by atoms with Gasteiger partial charge in [0.25, 0.3) is 5.69 Å². The lowest BCUT2D eigenvalue weighted by molar-refractivity contribution is -0.384. The molecule has 23 heavy (non-hydrogen) atoms. The predicted octanol–water partition coefficient (Wildman–Crippen LogP) is 3.08. The summed E-state index contributed by atoms with van der Waals surface area (Å²) in [7, 11) is 0. The van der Waals surface area contributed by atoms with Crippen LogP contribution in [0.4, 0.5) is 16.2 Å². The zero-order valence-corrected chi connectivity index (χ0v) is 12.4. The highest BCUT2D eigenvalue weighted by Crippen LogP contribution is 2.31. The van der Waals surface area contributed by atoms with Crippen molar-refractivity contribution in [1.29, 1.82) is 0 Å². The van der Waals surface area contributed by atoms with Crippen LogP contribution in [0.5, 0.6) is 0 Å². The minimum atomic E-state index is -0.481. The number of amides is 2. The first-order chi connectivity index (χ1) is 11.1. The lowest BCUT2D eigenvalue weighted by Crippen LogP contribution is -2.41. The molecule has 1 aliphatic heterocycles. The van der Waals surface area contributed by atoms with Crippen LogP contribution in [0.3, 0.4) is 0 Å². The van der Waals surface area contributed by atoms with Crippen molar-refractivity contribution in [2.24, 2.45) is 0 Å². The van der Waals surface area contributed by atoms with Crippen molar-refractivity contribution in [3.63, 3.8) is 0 Å². The summed E-state index contributed by atoms with van der Waals surface area (Å²) in [5, 5.41) is 20.3. The minimum Gasteiger partial charge on any atom is -0.317 e. The lowest BCUT2D eigenvalue weighted by atomic mass is 9.98. The number of benzene rings is 1. The van der Waals surface area contributed by atoms with Crippen LogP contribution in [0.2, 0.25) is 0 Å². The van der Waals surface area contributed by atoms with E-state index in [0.29, 0.717) is 12.2 Å². The van der Waals surface area contributed by atoms with Crippen LogP contribution in [0, 0.1) is 10.1 Å². The van der Waals surface area contributed by atoms with Crippen molar-refractivity contribution >= 4 is 17.4 Å². The average molecular weight is 315 g/mol. The summed E-state index contributed by atoms with van der Waals surface area (Å²) in [4.78, 5) is 24.7. The number of nitro benzene ring substituents is 1. The van der Waals surface area contributed by atoms with E-state index in [1.807, 2.05) is 0 Å². The van der Waals surface area contributed by atoms with Gasteiger partial charge < -0.3 is 10.2 Å². The molecule has 0 aliphatic carbocycles. The van der Waals surface area contributed by atoms with Gasteiger partial charge in [0.15, 0.2) is 0 Å². The number of likely N-dealkylation sites (tertiary alicyclic amines) is 1. The third-order valence-electron chi connectivity index (χ3n) is 3.98. The molecule has 3 rings (SSSR count). The third kappa shape index (κ3) is 3.31. The second-order valence-electron chi connectivity index (χ2n) is 5.47. The number of nitrogens with zero attached hydrogens (tertiary/aromatic N) is 3. The molecule has 8 nitrogen and oxygen atoms in total. The number of urea groups is 1. The fourth-order valence-corrected chi connectivity index (χ4v) is 2.86. The van der Waals surface area contributed by atoms with Crippen molar-refractivity contribution in [3.8, 4) is 0 Å². The molecule has 2 N–H and O–H groups in total. The highest BCUT2D eigenvalue weighted by atomic mass is 16.6. The predicted molar refractivity (Wildman–Crippen MR) is 84.0 cm³/mol. The Bertz CT molecular complexity index is 701. The smallest absolute Gasteiger partial charge is 0.317 e. The van der Waals surface area contributed by atoms with Gasteiger partial charge in [0.05, 0.1) is 17.2 Å². The van der Waals surface area contributed by atoms with Crippen LogP contribution >= 0.6 is 0 Å². The van der Waals surface area contributed by atoms with Gasteiger partial charge in [-0.2, -0.15) is 5.10 Å². The Morgan fingerprint density at radius 1 is 1.43 bits per heavy atom. The number of carbonyl (C=O) groups excluding carboxylic acids is 1. The quantitative estimate of drug-likeness (QED) is 0.670. The Hall–Kier alpha value is -2.90. The molecule has 8 heteroatoms. The molecular weight excluding hydrogens is 298 g/mol. The van der Waals surface area contributed by atoms with Gasteiger partial charge in [-0.05, 0) is 25.3 Å². The summed E-state index contributed by atoms with van der Waals surface area (Å²) < 4.78 is 0. The highest BCUT2D eigenvalue weighted by molar-refractivity contribution is 5.90. The molecule has 2 heterocycles. The van der Waals surface area contributed by atoms with Crippen LogP contribution in [0.25, 0.3) is 0 Å². The van der Waals surface area contributed by atoms with Crippen molar-refractivity contribution in [3.05, 3.63) is 52.3 Å². The van der Waals surface area contributed by atoms with E-state index in [2.05, 4.69) is 15.5 Å². The topological polar surface area (TPSA) is 104 Å². The van der Waals surface area contributed by atoms with Crippen LogP contribution in [-0.2, 0) is 0 Å². The van der Waals surface area contributed by atoms with Gasteiger partial charge in [-0.1, -0.05) is 6.07 Å². The molecule has 1 fully saturated rings. The Balaban J connectivity index is 1.76. The zero-order valence-electron chi connectivity index (χ0n) is 12.4. The second-order valence-corrected chi connectivity index (χ2v) is 5.47. The number of carbonyl (C=O) groups is 1. The van der Waals surface area contributed by atoms with E-state index in [-0.39, 0.29) is 17.8 Å². The number of aromatic amines is 1. The lowest BCUT2D eigenvalue weighted by Gasteiger charge is -2.35. The van der Waals surface area contributed by atoms with E-state index in [9.17, 15) is 14.9 Å². The molecule has 1 atom stereocenters. The number of nitro groups is 1. The summed E-state index contributed by atoms with van der Waals surface area (Å²) >= 11 is 0. The van der Waals surface area contributed by atoms with Crippen molar-refractivity contribution in [2.45, 2.75) is 25.3 Å². The van der Waals surface area contributed by atoms with Gasteiger partial charge in [-0.25, -0.2) is 4.79 Å². The maximum atomic E-state index is 12.6.